The number of Topliss-reactive ketones (excluding diaryl/α,β-unsaturated/α-hetero) is 2. The normalized spacial score (nSPS) is 11.0. The summed E-state index contributed by atoms with van der Waals surface area (Å²) in [7, 11) is 2.50. The SMILES string of the molecule is C=C(OC)c1c(C(=O)C(=O)OC)c[nH]c1/C(=C\C)C(C)=O. The Bertz CT molecular complexity index is 636. The van der Waals surface area contributed by atoms with Crippen molar-refractivity contribution in [1.29, 1.82) is 0 Å². The molecule has 21 heavy (non-hydrogen) atoms. The number of carbonyl (C=O) groups is 3. The molecule has 0 aromatic carbocycles. The first-order valence-electron chi connectivity index (χ1n) is 6.13. The first-order chi connectivity index (χ1) is 9.88. The van der Waals surface area contributed by atoms with Gasteiger partial charge in [0.25, 0.3) is 5.78 Å². The van der Waals surface area contributed by atoms with Crippen LogP contribution >= 0.6 is 0 Å². The van der Waals surface area contributed by atoms with Crippen LogP contribution in [0.1, 0.15) is 35.5 Å². The molecule has 0 amide bonds. The Morgan fingerprint density at radius 3 is 2.29 bits per heavy atom. The average molecular weight is 291 g/mol. The van der Waals surface area contributed by atoms with E-state index in [1.54, 1.807) is 13.0 Å². The summed E-state index contributed by atoms with van der Waals surface area (Å²) in [6.45, 7) is 6.79. The monoisotopic (exact) mass is 291 g/mol. The molecule has 0 aliphatic rings. The molecular formula is C15H17NO5. The fourth-order valence-corrected chi connectivity index (χ4v) is 1.93. The Kier molecular flexibility index (Phi) is 5.24. The van der Waals surface area contributed by atoms with E-state index in [1.807, 2.05) is 0 Å². The zero-order valence-corrected chi connectivity index (χ0v) is 12.4. The van der Waals surface area contributed by atoms with Crippen molar-refractivity contribution in [2.75, 3.05) is 14.2 Å². The number of carbonyl (C=O) groups excluding carboxylic acids is 3. The highest BCUT2D eigenvalue weighted by Crippen LogP contribution is 2.29. The molecule has 1 rings (SSSR count). The minimum atomic E-state index is -1.00. The van der Waals surface area contributed by atoms with E-state index in [2.05, 4.69) is 16.3 Å². The molecule has 1 aromatic rings. The Balaban J connectivity index is 3.53. The molecular weight excluding hydrogens is 274 g/mol. The maximum atomic E-state index is 12.0. The second-order valence-electron chi connectivity index (χ2n) is 4.16. The number of allylic oxidation sites excluding steroid dienone is 2. The Hall–Kier alpha value is -2.63. The number of rotatable bonds is 6. The van der Waals surface area contributed by atoms with E-state index < -0.39 is 11.8 Å². The maximum Gasteiger partial charge on any atom is 0.379 e. The van der Waals surface area contributed by atoms with Gasteiger partial charge in [-0.25, -0.2) is 4.79 Å². The Morgan fingerprint density at radius 2 is 1.86 bits per heavy atom. The molecule has 0 unspecified atom stereocenters. The van der Waals surface area contributed by atoms with Gasteiger partial charge in [-0.15, -0.1) is 0 Å². The molecule has 0 radical (unpaired) electrons. The first kappa shape index (κ1) is 16.4. The molecule has 0 fully saturated rings. The van der Waals surface area contributed by atoms with Crippen LogP contribution in [0, 0.1) is 0 Å². The number of aromatic amines is 1. The van der Waals surface area contributed by atoms with E-state index in [-0.39, 0.29) is 22.7 Å². The third kappa shape index (κ3) is 3.10. The van der Waals surface area contributed by atoms with Crippen LogP contribution in [0.5, 0.6) is 0 Å². The second-order valence-corrected chi connectivity index (χ2v) is 4.16. The summed E-state index contributed by atoms with van der Waals surface area (Å²) in [5.41, 5.74) is 1.07. The number of hydrogen-bond acceptors (Lipinski definition) is 5. The Morgan fingerprint density at radius 1 is 1.24 bits per heavy atom. The van der Waals surface area contributed by atoms with E-state index in [0.29, 0.717) is 11.3 Å². The molecule has 0 spiro atoms. The lowest BCUT2D eigenvalue weighted by atomic mass is 9.99. The van der Waals surface area contributed by atoms with Gasteiger partial charge in [0.1, 0.15) is 5.76 Å². The van der Waals surface area contributed by atoms with E-state index in [0.717, 1.165) is 7.11 Å². The lowest BCUT2D eigenvalue weighted by Crippen LogP contribution is -2.16. The van der Waals surface area contributed by atoms with Crippen LogP contribution in [-0.4, -0.2) is 36.7 Å². The van der Waals surface area contributed by atoms with Gasteiger partial charge in [0.05, 0.1) is 31.0 Å². The molecule has 0 atom stereocenters. The number of H-pyrrole nitrogens is 1. The van der Waals surface area contributed by atoms with Gasteiger partial charge < -0.3 is 14.5 Å². The summed E-state index contributed by atoms with van der Waals surface area (Å²) in [6.07, 6.45) is 2.94. The van der Waals surface area contributed by atoms with Gasteiger partial charge in [0, 0.05) is 11.8 Å². The highest BCUT2D eigenvalue weighted by Gasteiger charge is 2.27. The van der Waals surface area contributed by atoms with Crippen molar-refractivity contribution >= 4 is 28.9 Å². The van der Waals surface area contributed by atoms with Gasteiger partial charge in [0.2, 0.25) is 0 Å². The number of methoxy groups -OCH3 is 2. The molecule has 0 aliphatic heterocycles. The molecule has 1 heterocycles. The second kappa shape index (κ2) is 6.69. The highest BCUT2D eigenvalue weighted by atomic mass is 16.5. The van der Waals surface area contributed by atoms with Gasteiger partial charge in [0.15, 0.2) is 5.78 Å². The van der Waals surface area contributed by atoms with Crippen molar-refractivity contribution in [3.8, 4) is 0 Å². The molecule has 6 nitrogen and oxygen atoms in total. The predicted molar refractivity (Wildman–Crippen MR) is 77.5 cm³/mol. The summed E-state index contributed by atoms with van der Waals surface area (Å²) < 4.78 is 9.48. The van der Waals surface area contributed by atoms with Crippen molar-refractivity contribution < 1.29 is 23.9 Å². The van der Waals surface area contributed by atoms with E-state index >= 15 is 0 Å². The third-order valence-corrected chi connectivity index (χ3v) is 2.96. The van der Waals surface area contributed by atoms with Crippen LogP contribution < -0.4 is 0 Å². The summed E-state index contributed by atoms with van der Waals surface area (Å²) in [5.74, 6) is -1.87. The van der Waals surface area contributed by atoms with Crippen molar-refractivity contribution in [3.63, 3.8) is 0 Å². The molecule has 1 aromatic heterocycles. The largest absolute Gasteiger partial charge is 0.497 e. The van der Waals surface area contributed by atoms with E-state index in [1.165, 1.54) is 20.2 Å². The number of nitrogens with one attached hydrogen (secondary N) is 1. The number of ether oxygens (including phenoxy) is 2. The van der Waals surface area contributed by atoms with Crippen LogP contribution in [0.25, 0.3) is 11.3 Å². The quantitative estimate of drug-likeness (QED) is 0.285. The smallest absolute Gasteiger partial charge is 0.379 e. The molecule has 0 saturated carbocycles. The van der Waals surface area contributed by atoms with Crippen LogP contribution in [0.4, 0.5) is 0 Å². The molecule has 112 valence electrons. The standard InChI is InChI=1S/C15H17NO5/c1-6-10(8(2)17)13-12(9(3)20-4)11(7-16-13)14(18)15(19)21-5/h6-7,16H,3H2,1-2,4-5H3/b10-6-. The summed E-state index contributed by atoms with van der Waals surface area (Å²) in [4.78, 5) is 37.9. The Labute approximate surface area is 122 Å². The van der Waals surface area contributed by atoms with Crippen LogP contribution in [0.3, 0.4) is 0 Å². The average Bonchev–Trinajstić information content (AvgIpc) is 2.89. The summed E-state index contributed by atoms with van der Waals surface area (Å²) in [5, 5.41) is 0. The van der Waals surface area contributed by atoms with Gasteiger partial charge in [-0.2, -0.15) is 0 Å². The third-order valence-electron chi connectivity index (χ3n) is 2.96. The molecule has 1 N–H and O–H groups in total. The lowest BCUT2D eigenvalue weighted by molar-refractivity contribution is -0.135. The molecule has 0 bridgehead atoms. The fraction of sp³-hybridized carbons (Fsp3) is 0.267. The lowest BCUT2D eigenvalue weighted by Gasteiger charge is -2.09. The van der Waals surface area contributed by atoms with Crippen molar-refractivity contribution in [1.82, 2.24) is 4.98 Å². The predicted octanol–water partition coefficient (Wildman–Crippen LogP) is 1.98. The van der Waals surface area contributed by atoms with Crippen LogP contribution in [0.2, 0.25) is 0 Å². The molecule has 0 aliphatic carbocycles. The molecule has 6 heteroatoms. The number of hydrogen-bond donors (Lipinski definition) is 1. The maximum absolute atomic E-state index is 12.0. The van der Waals surface area contributed by atoms with Crippen molar-refractivity contribution in [2.45, 2.75) is 13.8 Å². The zero-order chi connectivity index (χ0) is 16.2. The topological polar surface area (TPSA) is 85.5 Å². The van der Waals surface area contributed by atoms with E-state index in [4.69, 9.17) is 4.74 Å². The number of aromatic nitrogens is 1. The van der Waals surface area contributed by atoms with Crippen LogP contribution in [-0.2, 0) is 19.1 Å². The van der Waals surface area contributed by atoms with Crippen molar-refractivity contribution in [3.05, 3.63) is 35.7 Å². The summed E-state index contributed by atoms with van der Waals surface area (Å²) in [6, 6.07) is 0. The number of ketones is 2. The van der Waals surface area contributed by atoms with Gasteiger partial charge in [-0.3, -0.25) is 9.59 Å². The number of esters is 1. The molecule has 0 saturated heterocycles. The zero-order valence-electron chi connectivity index (χ0n) is 12.4. The minimum absolute atomic E-state index is 0.0456. The van der Waals surface area contributed by atoms with E-state index in [9.17, 15) is 14.4 Å². The van der Waals surface area contributed by atoms with Gasteiger partial charge >= 0.3 is 5.97 Å². The van der Waals surface area contributed by atoms with Crippen LogP contribution in [0.15, 0.2) is 18.9 Å². The van der Waals surface area contributed by atoms with Gasteiger partial charge in [-0.05, 0) is 13.8 Å². The highest BCUT2D eigenvalue weighted by molar-refractivity contribution is 6.41. The minimum Gasteiger partial charge on any atom is -0.497 e. The summed E-state index contributed by atoms with van der Waals surface area (Å²) >= 11 is 0. The van der Waals surface area contributed by atoms with Gasteiger partial charge in [-0.1, -0.05) is 12.7 Å². The fourth-order valence-electron chi connectivity index (χ4n) is 1.93. The first-order valence-corrected chi connectivity index (χ1v) is 6.13. The van der Waals surface area contributed by atoms with Crippen molar-refractivity contribution in [2.24, 2.45) is 0 Å².